The Morgan fingerprint density at radius 1 is 0.875 bits per heavy atom. The highest BCUT2D eigenvalue weighted by Crippen LogP contribution is 2.24. The number of aryl methyl sites for hydroxylation is 1. The summed E-state index contributed by atoms with van der Waals surface area (Å²) >= 11 is 1.58. The number of hydrogen-bond donors (Lipinski definition) is 1. The maximum Gasteiger partial charge on any atom is 0.148 e. The van der Waals surface area contributed by atoms with Gasteiger partial charge in [0.15, 0.2) is 0 Å². The van der Waals surface area contributed by atoms with E-state index in [1.807, 2.05) is 61.5 Å². The van der Waals surface area contributed by atoms with Gasteiger partial charge in [0.05, 0.1) is 23.3 Å². The second kappa shape index (κ2) is 6.33. The van der Waals surface area contributed by atoms with Crippen molar-refractivity contribution in [2.24, 2.45) is 0 Å². The molecular formula is C18H15N5S. The lowest BCUT2D eigenvalue weighted by Crippen LogP contribution is -2.04. The molecule has 0 bridgehead atoms. The van der Waals surface area contributed by atoms with Crippen LogP contribution in [0.15, 0.2) is 54.6 Å². The molecule has 0 saturated carbocycles. The number of nitrogens with one attached hydrogen (secondary N) is 1. The molecule has 2 aromatic carbocycles. The van der Waals surface area contributed by atoms with Gasteiger partial charge in [-0.2, -0.15) is 0 Å². The molecule has 0 amide bonds. The minimum atomic E-state index is 0.582. The normalized spacial score (nSPS) is 10.9. The van der Waals surface area contributed by atoms with E-state index in [0.717, 1.165) is 38.1 Å². The Morgan fingerprint density at radius 3 is 2.38 bits per heavy atom. The number of para-hydroxylation sites is 2. The Labute approximate surface area is 143 Å². The lowest BCUT2D eigenvalue weighted by Gasteiger charge is -2.07. The fraction of sp³-hybridized carbons (Fsp3) is 0.111. The Hall–Kier alpha value is -2.86. The van der Waals surface area contributed by atoms with Crippen molar-refractivity contribution in [2.45, 2.75) is 13.5 Å². The average Bonchev–Trinajstić information content (AvgIpc) is 3.10. The van der Waals surface area contributed by atoms with Gasteiger partial charge in [0, 0.05) is 5.56 Å². The molecule has 24 heavy (non-hydrogen) atoms. The Balaban J connectivity index is 1.53. The Bertz CT molecular complexity index is 981. The predicted octanol–water partition coefficient (Wildman–Crippen LogP) is 4.07. The highest BCUT2D eigenvalue weighted by atomic mass is 32.1. The van der Waals surface area contributed by atoms with Crippen LogP contribution in [-0.4, -0.2) is 20.2 Å². The molecule has 2 aromatic heterocycles. The van der Waals surface area contributed by atoms with Gasteiger partial charge in [-0.25, -0.2) is 9.97 Å². The molecule has 4 rings (SSSR count). The molecule has 2 heterocycles. The molecule has 0 radical (unpaired) electrons. The van der Waals surface area contributed by atoms with Crippen LogP contribution in [0.25, 0.3) is 21.6 Å². The molecule has 5 nitrogen and oxygen atoms in total. The molecule has 0 fully saturated rings. The monoisotopic (exact) mass is 333 g/mol. The summed E-state index contributed by atoms with van der Waals surface area (Å²) in [6.07, 6.45) is 0. The summed E-state index contributed by atoms with van der Waals surface area (Å²) in [5.41, 5.74) is 3.75. The highest BCUT2D eigenvalue weighted by molar-refractivity contribution is 7.14. The number of benzene rings is 2. The van der Waals surface area contributed by atoms with E-state index >= 15 is 0 Å². The molecule has 6 heteroatoms. The number of aromatic nitrogens is 4. The summed E-state index contributed by atoms with van der Waals surface area (Å²) in [5.74, 6) is 0.783. The van der Waals surface area contributed by atoms with E-state index in [9.17, 15) is 0 Å². The zero-order valence-corrected chi connectivity index (χ0v) is 13.9. The van der Waals surface area contributed by atoms with Gasteiger partial charge in [-0.1, -0.05) is 53.8 Å². The van der Waals surface area contributed by atoms with Crippen molar-refractivity contribution in [2.75, 3.05) is 5.32 Å². The molecule has 0 aliphatic rings. The fourth-order valence-electron chi connectivity index (χ4n) is 2.44. The molecule has 1 N–H and O–H groups in total. The summed E-state index contributed by atoms with van der Waals surface area (Å²) in [4.78, 5) is 9.22. The van der Waals surface area contributed by atoms with Crippen LogP contribution in [0.5, 0.6) is 0 Å². The summed E-state index contributed by atoms with van der Waals surface area (Å²) < 4.78 is 0. The Morgan fingerprint density at radius 2 is 1.58 bits per heavy atom. The second-order valence-electron chi connectivity index (χ2n) is 5.37. The fourth-order valence-corrected chi connectivity index (χ4v) is 3.22. The van der Waals surface area contributed by atoms with Crippen molar-refractivity contribution in [3.8, 4) is 10.6 Å². The first-order chi connectivity index (χ1) is 11.8. The van der Waals surface area contributed by atoms with E-state index in [4.69, 9.17) is 0 Å². The SMILES string of the molecule is Cc1nc2ccccc2nc1NCc1nnc(-c2ccccc2)s1. The van der Waals surface area contributed by atoms with Crippen molar-refractivity contribution in [1.29, 1.82) is 0 Å². The molecular weight excluding hydrogens is 318 g/mol. The molecule has 0 saturated heterocycles. The van der Waals surface area contributed by atoms with E-state index in [1.54, 1.807) is 11.3 Å². The van der Waals surface area contributed by atoms with E-state index in [0.29, 0.717) is 6.54 Å². The summed E-state index contributed by atoms with van der Waals surface area (Å²) in [6.45, 7) is 2.54. The lowest BCUT2D eigenvalue weighted by molar-refractivity contribution is 0.980. The summed E-state index contributed by atoms with van der Waals surface area (Å²) in [6, 6.07) is 17.9. The molecule has 118 valence electrons. The van der Waals surface area contributed by atoms with Gasteiger partial charge in [-0.15, -0.1) is 10.2 Å². The number of hydrogen-bond acceptors (Lipinski definition) is 6. The van der Waals surface area contributed by atoms with Gasteiger partial charge in [-0.3, -0.25) is 0 Å². The quantitative estimate of drug-likeness (QED) is 0.610. The lowest BCUT2D eigenvalue weighted by atomic mass is 10.2. The summed E-state index contributed by atoms with van der Waals surface area (Å²) in [5, 5.41) is 13.7. The maximum absolute atomic E-state index is 4.64. The topological polar surface area (TPSA) is 63.6 Å². The van der Waals surface area contributed by atoms with Crippen molar-refractivity contribution >= 4 is 28.2 Å². The van der Waals surface area contributed by atoms with Gasteiger partial charge in [0.2, 0.25) is 0 Å². The van der Waals surface area contributed by atoms with Gasteiger partial charge in [0.1, 0.15) is 15.8 Å². The second-order valence-corrected chi connectivity index (χ2v) is 6.43. The minimum Gasteiger partial charge on any atom is -0.362 e. The largest absolute Gasteiger partial charge is 0.362 e. The van der Waals surface area contributed by atoms with Crippen LogP contribution in [0.2, 0.25) is 0 Å². The van der Waals surface area contributed by atoms with Crippen molar-refractivity contribution in [3.63, 3.8) is 0 Å². The standard InChI is InChI=1S/C18H15N5S/c1-12-17(21-15-10-6-5-9-14(15)20-12)19-11-16-22-23-18(24-16)13-7-3-2-4-8-13/h2-10H,11H2,1H3,(H,19,21). The number of nitrogens with zero attached hydrogens (tertiary/aromatic N) is 4. The first kappa shape index (κ1) is 14.7. The van der Waals surface area contributed by atoms with Gasteiger partial charge < -0.3 is 5.32 Å². The predicted molar refractivity (Wildman–Crippen MR) is 96.9 cm³/mol. The van der Waals surface area contributed by atoms with Gasteiger partial charge >= 0.3 is 0 Å². The average molecular weight is 333 g/mol. The van der Waals surface area contributed by atoms with Crippen molar-refractivity contribution in [3.05, 3.63) is 65.3 Å². The molecule has 0 atom stereocenters. The van der Waals surface area contributed by atoms with E-state index in [2.05, 4.69) is 25.5 Å². The molecule has 0 unspecified atom stereocenters. The summed E-state index contributed by atoms with van der Waals surface area (Å²) in [7, 11) is 0. The highest BCUT2D eigenvalue weighted by Gasteiger charge is 2.08. The van der Waals surface area contributed by atoms with E-state index in [-0.39, 0.29) is 0 Å². The van der Waals surface area contributed by atoms with Crippen LogP contribution < -0.4 is 5.32 Å². The minimum absolute atomic E-state index is 0.582. The molecule has 4 aromatic rings. The van der Waals surface area contributed by atoms with Crippen LogP contribution in [0, 0.1) is 6.92 Å². The number of anilines is 1. The van der Waals surface area contributed by atoms with Crippen LogP contribution >= 0.6 is 11.3 Å². The van der Waals surface area contributed by atoms with Crippen LogP contribution in [0.1, 0.15) is 10.7 Å². The third-order valence-electron chi connectivity index (χ3n) is 3.64. The zero-order chi connectivity index (χ0) is 16.4. The number of fused-ring (bicyclic) bond motifs is 1. The molecule has 0 aliphatic heterocycles. The van der Waals surface area contributed by atoms with Crippen LogP contribution in [0.3, 0.4) is 0 Å². The van der Waals surface area contributed by atoms with E-state index < -0.39 is 0 Å². The third-order valence-corrected chi connectivity index (χ3v) is 4.61. The van der Waals surface area contributed by atoms with Crippen LogP contribution in [-0.2, 0) is 6.54 Å². The van der Waals surface area contributed by atoms with Gasteiger partial charge in [-0.05, 0) is 19.1 Å². The van der Waals surface area contributed by atoms with Crippen LogP contribution in [0.4, 0.5) is 5.82 Å². The first-order valence-corrected chi connectivity index (χ1v) is 8.46. The third kappa shape index (κ3) is 2.96. The van der Waals surface area contributed by atoms with Gasteiger partial charge in [0.25, 0.3) is 0 Å². The molecule has 0 aliphatic carbocycles. The van der Waals surface area contributed by atoms with E-state index in [1.165, 1.54) is 0 Å². The maximum atomic E-state index is 4.64. The first-order valence-electron chi connectivity index (χ1n) is 7.65. The van der Waals surface area contributed by atoms with Crippen molar-refractivity contribution < 1.29 is 0 Å². The smallest absolute Gasteiger partial charge is 0.148 e. The Kier molecular flexibility index (Phi) is 3.88. The molecule has 0 spiro atoms. The zero-order valence-electron chi connectivity index (χ0n) is 13.1. The number of rotatable bonds is 4. The van der Waals surface area contributed by atoms with Crippen molar-refractivity contribution in [1.82, 2.24) is 20.2 Å².